The number of rotatable bonds is 10. The van der Waals surface area contributed by atoms with Crippen molar-refractivity contribution in [3.05, 3.63) is 200 Å². The van der Waals surface area contributed by atoms with Crippen LogP contribution in [0.25, 0.3) is 10.6 Å². The number of amides is 6. The molecule has 1 saturated carbocycles. The molecule has 3 aromatic carbocycles. The van der Waals surface area contributed by atoms with E-state index in [4.69, 9.17) is 14.6 Å². The van der Waals surface area contributed by atoms with Crippen LogP contribution in [-0.4, -0.2) is 154 Å². The number of aryl methyl sites for hydroxylation is 3. The molecule has 34 heteroatoms. The van der Waals surface area contributed by atoms with Gasteiger partial charge in [0.2, 0.25) is 5.91 Å². The molecule has 3 unspecified atom stereocenters. The first kappa shape index (κ1) is 93.1. The Morgan fingerprint density at radius 1 is 0.496 bits per heavy atom. The van der Waals surface area contributed by atoms with Gasteiger partial charge in [-0.3, -0.25) is 14.9 Å². The van der Waals surface area contributed by atoms with E-state index in [-0.39, 0.29) is 162 Å². The number of fused-ring (bicyclic) bond motifs is 3. The number of hydrogen-bond donors (Lipinski definition) is 4. The number of carbonyl (C=O) groups is 6. The topological polar surface area (TPSA) is 306 Å². The standard InChI is InChI=1S/2C22H22FN3O3S.C12H11NO3S.C10H13FN2O.C6H12O.C5H3BrFN.C4H9O.ClH.2Fm.Na/c2*23-14-4-8-19(24-11-14)26-9-1-2-16(12-26)29-15-5-7-17-13(10-15)3-6-18(17)20-21(27)25-22(28)30-20;14-7-2-4-8-6(5-7)1-3-9(8)10-11(15)13-12(16)17-10;11-8-3-4-10(12-6-8)13-5-1-2-9(14)7-13;7-6-4-2-1-3-5-6;6-5-2-1-4(7)3-8-5;1-4(2,3)5;;;;/h2*4-5,7-8,10-11,16,18,20H,1-3,6,9,12H2,(H,25,27,28);2,4-5,9-10H,1,3H2,(H2,13,14,15,16);3-4,6,9,14H,1-2,5,7H2;6-7H,1-5H2;1-3H;1-3H3;1H;;;/q;;;;;;-1;;;;+1/p-2/t2*16-,18+,20?;9-,10?;9-;;;;;;;/m0011......./s1. The van der Waals surface area contributed by atoms with Gasteiger partial charge in [0.15, 0.2) is 0 Å². The van der Waals surface area contributed by atoms with Crippen LogP contribution < -0.4 is 64.2 Å². The number of halogens is 6. The van der Waals surface area contributed by atoms with E-state index in [1.54, 1.807) is 57.2 Å². The maximum Gasteiger partial charge on any atom is 1.00 e. The number of ether oxygens (including phenoxy) is 2. The summed E-state index contributed by atoms with van der Waals surface area (Å²) in [5.74, 6) is 2.21. The molecular formula is C81H91BrClF4Fm2N10NaO12S3-2. The van der Waals surface area contributed by atoms with Gasteiger partial charge >= 0.3 is 29.6 Å². The fourth-order valence-electron chi connectivity index (χ4n) is 14.9. The van der Waals surface area contributed by atoms with Gasteiger partial charge in [0.1, 0.15) is 90.5 Å². The molecule has 7 aromatic rings. The van der Waals surface area contributed by atoms with E-state index in [9.17, 15) is 61.6 Å². The number of aliphatic hydroxyl groups excluding tert-OH is 2. The third kappa shape index (κ3) is 27.0. The van der Waals surface area contributed by atoms with Crippen molar-refractivity contribution in [1.82, 2.24) is 25.3 Å². The van der Waals surface area contributed by atoms with Gasteiger partial charge in [-0.2, -0.15) is 0 Å². The van der Waals surface area contributed by atoms with Gasteiger partial charge in [-0.05, 0) is 224 Å². The monoisotopic (exact) mass is 2220 g/mol. The molecule has 0 radical (unpaired) electrons. The second-order valence-corrected chi connectivity index (χ2v) is 33.6. The number of phenols is 1. The first-order chi connectivity index (χ1) is 53.2. The summed E-state index contributed by atoms with van der Waals surface area (Å²) in [6, 6.07) is 29.5. The van der Waals surface area contributed by atoms with E-state index in [0.717, 1.165) is 202 Å². The summed E-state index contributed by atoms with van der Waals surface area (Å²) in [5, 5.41) is 45.1. The summed E-state index contributed by atoms with van der Waals surface area (Å²) >= 11 is 6.23. The first-order valence-electron chi connectivity index (χ1n) is 37.5. The van der Waals surface area contributed by atoms with Crippen molar-refractivity contribution in [2.45, 2.75) is 193 Å². The minimum atomic E-state index is -0.750. The molecule has 4 aromatic heterocycles. The van der Waals surface area contributed by atoms with Gasteiger partial charge in [-0.15, -0.1) is 18.0 Å². The van der Waals surface area contributed by atoms with Crippen molar-refractivity contribution in [2.24, 2.45) is 0 Å². The van der Waals surface area contributed by atoms with Crippen molar-refractivity contribution in [2.75, 3.05) is 54.0 Å². The zero-order valence-corrected chi connectivity index (χ0v) is 75.5. The fraction of sp³-hybridized carbons (Fsp3) is 0.457. The molecule has 624 valence electrons. The largest absolute Gasteiger partial charge is 1.00 e. The fourth-order valence-corrected chi connectivity index (χ4v) is 18.1. The van der Waals surface area contributed by atoms with Gasteiger partial charge < -0.3 is 74.4 Å². The summed E-state index contributed by atoms with van der Waals surface area (Å²) < 4.78 is 64.1. The molecule has 0 bridgehead atoms. The van der Waals surface area contributed by atoms with Crippen molar-refractivity contribution in [3.8, 4) is 17.2 Å². The van der Waals surface area contributed by atoms with Crippen LogP contribution in [0.2, 0.25) is 0 Å². The number of aliphatic hydroxyl groups is 2. The zero-order valence-electron chi connectivity index (χ0n) is 63.8. The molecule has 9 atom stereocenters. The average molecular weight is 2220 g/mol. The Hall–Kier alpha value is -9.10. The SMILES string of the molecule is CC(C)(C)[O-].Cl.Fc1ccc(Br)nc1.O=C1NC(=O)C([C@@H]2CCc3cc(O[C@H]4CCCN(c5ccc(F)cn5)C4)ccc32)S1.O=C1[N-]C(=O)C([C@@H]2CCc3cc(O)ccc32)S1.O=C1[N-]C(=O)C([C@@H]2CCc3cc(O[C@H]4CCCN(c5ccc(F)cn5)C4)ccc32)S1.OC1CCCCC1.O[C@@H]1CCCN(c2ccc(F)cn2)C1.[Fm].[Fm].[Na+]. The predicted octanol–water partition coefficient (Wildman–Crippen LogP) is 12.7. The maximum atomic E-state index is 13.1. The maximum absolute atomic E-state index is 13.1. The van der Waals surface area contributed by atoms with Crippen molar-refractivity contribution < 1.29 is 106 Å². The number of nitrogens with zero attached hydrogens (tertiary/aromatic N) is 9. The molecule has 4 N–H and O–H groups in total. The number of phenolic OH excluding ortho intramolecular Hbond substituents is 1. The van der Waals surface area contributed by atoms with Gasteiger partial charge in [0.25, 0.3) is 5.24 Å². The van der Waals surface area contributed by atoms with E-state index < -0.39 is 5.60 Å². The number of imide groups is 3. The van der Waals surface area contributed by atoms with Crippen LogP contribution in [0.5, 0.6) is 17.2 Å². The van der Waals surface area contributed by atoms with Gasteiger partial charge in [-0.1, -0.05) is 93.5 Å². The predicted molar refractivity (Wildman–Crippen MR) is 429 cm³/mol. The Labute approximate surface area is 704 Å². The minimum Gasteiger partial charge on any atom is -0.850 e. The van der Waals surface area contributed by atoms with Crippen LogP contribution in [0.1, 0.15) is 162 Å². The van der Waals surface area contributed by atoms with Gasteiger partial charge in [-0.25, -0.2) is 37.5 Å². The van der Waals surface area contributed by atoms with Crippen molar-refractivity contribution in [3.63, 3.8) is 0 Å². The van der Waals surface area contributed by atoms with Crippen LogP contribution in [0.3, 0.4) is 0 Å². The zero-order chi connectivity index (χ0) is 78.9. The van der Waals surface area contributed by atoms with Crippen LogP contribution in [-0.2, 0) is 33.6 Å². The molecule has 17 rings (SSSR count). The third-order valence-corrected chi connectivity index (χ3v) is 23.8. The number of aromatic hydroxyl groups is 1. The number of pyridine rings is 4. The summed E-state index contributed by atoms with van der Waals surface area (Å²) in [6.45, 7) is 9.54. The van der Waals surface area contributed by atoms with E-state index in [0.29, 0.717) is 24.2 Å². The summed E-state index contributed by atoms with van der Waals surface area (Å²) in [6.07, 6.45) is 21.4. The summed E-state index contributed by atoms with van der Waals surface area (Å²) in [7, 11) is 0. The first-order valence-corrected chi connectivity index (χ1v) is 40.9. The molecule has 115 heavy (non-hydrogen) atoms. The number of benzene rings is 3. The van der Waals surface area contributed by atoms with Crippen LogP contribution >= 0.6 is 63.6 Å². The van der Waals surface area contributed by atoms with E-state index in [1.165, 1.54) is 73.2 Å². The molecule has 6 saturated heterocycles. The molecule has 10 aliphatic rings. The van der Waals surface area contributed by atoms with E-state index in [2.05, 4.69) is 73.7 Å². The third-order valence-electron chi connectivity index (χ3n) is 20.0. The van der Waals surface area contributed by atoms with E-state index >= 15 is 0 Å². The second kappa shape index (κ2) is 43.7. The van der Waals surface area contributed by atoms with E-state index in [1.807, 2.05) is 35.2 Å². The number of thioether (sulfide) groups is 3. The smallest absolute Gasteiger partial charge is 0.850 e. The normalized spacial score (nSPS) is 22.9. The van der Waals surface area contributed by atoms with Crippen LogP contribution in [0, 0.1) is 23.3 Å². The Morgan fingerprint density at radius 2 is 0.878 bits per heavy atom. The number of hydrogen-bond acceptors (Lipinski definition) is 22. The number of piperidine rings is 3. The molecule has 6 amide bonds. The Kier molecular flexibility index (Phi) is 35.4. The molecule has 22 nitrogen and oxygen atoms in total. The van der Waals surface area contributed by atoms with Gasteiger partial charge in [0, 0.05) is 43.9 Å². The number of β-amino-alcohol motifs (C(OH)–C–C–N with tert-alkyl or cyclic N) is 1. The number of nitrogens with one attached hydrogen (secondary N) is 1. The molecular weight excluding hydrogens is 2130 g/mol. The Balaban J connectivity index is 0.000000199. The summed E-state index contributed by atoms with van der Waals surface area (Å²) in [5.41, 5.74) is 6.03. The van der Waals surface area contributed by atoms with Crippen LogP contribution in [0.15, 0.2) is 133 Å². The number of carbonyl (C=O) groups excluding carboxylic acids is 6. The number of aromatic nitrogens is 4. The molecule has 7 fully saturated rings. The number of anilines is 3. The minimum absolute atomic E-state index is 0. The second-order valence-electron chi connectivity index (χ2n) is 29.5. The Bertz CT molecular complexity index is 4190. The average Bonchev–Trinajstić information content (AvgIpc) is 1.65. The van der Waals surface area contributed by atoms with Crippen molar-refractivity contribution >= 4 is 115 Å². The van der Waals surface area contributed by atoms with Crippen molar-refractivity contribution in [1.29, 1.82) is 0 Å². The molecule has 4 aliphatic carbocycles. The molecule has 6 aliphatic heterocycles. The summed E-state index contributed by atoms with van der Waals surface area (Å²) in [4.78, 5) is 92.0. The molecule has 10 heterocycles. The quantitative estimate of drug-likeness (QED) is 0.0562. The molecule has 0 spiro atoms. The van der Waals surface area contributed by atoms with Crippen LogP contribution in [0.4, 0.5) is 49.4 Å². The van der Waals surface area contributed by atoms with Gasteiger partial charge in [0.05, 0.1) is 72.4 Å². The Morgan fingerprint density at radius 3 is 1.23 bits per heavy atom.